The number of hydrogen-bond acceptors (Lipinski definition) is 5. The number of benzene rings is 1. The number of imidazole rings is 1. The lowest BCUT2D eigenvalue weighted by Gasteiger charge is -2.30. The lowest BCUT2D eigenvalue weighted by atomic mass is 10.00. The van der Waals surface area contributed by atoms with E-state index in [1.807, 2.05) is 4.57 Å². The van der Waals surface area contributed by atoms with Crippen LogP contribution in [0.2, 0.25) is 0 Å². The molecule has 0 bridgehead atoms. The molecule has 2 aliphatic rings. The molecule has 0 saturated carbocycles. The summed E-state index contributed by atoms with van der Waals surface area (Å²) in [7, 11) is 1.71. The molecule has 0 radical (unpaired) electrons. The largest absolute Gasteiger partial charge is 0.390 e. The van der Waals surface area contributed by atoms with Gasteiger partial charge in [-0.25, -0.2) is 4.98 Å². The molecule has 0 aliphatic carbocycles. The maximum atomic E-state index is 12.4. The van der Waals surface area contributed by atoms with E-state index >= 15 is 0 Å². The Hall–Kier alpha value is -2.22. The molecule has 1 amide bonds. The van der Waals surface area contributed by atoms with Gasteiger partial charge in [-0.2, -0.15) is 0 Å². The van der Waals surface area contributed by atoms with Gasteiger partial charge in [0, 0.05) is 45.9 Å². The molecule has 2 N–H and O–H groups in total. The predicted molar refractivity (Wildman–Crippen MR) is 105 cm³/mol. The fourth-order valence-electron chi connectivity index (χ4n) is 4.09. The summed E-state index contributed by atoms with van der Waals surface area (Å²) in [6.07, 6.45) is 4.08. The van der Waals surface area contributed by atoms with E-state index in [9.17, 15) is 9.90 Å². The minimum absolute atomic E-state index is 0.175. The van der Waals surface area contributed by atoms with Gasteiger partial charge >= 0.3 is 0 Å². The molecule has 28 heavy (non-hydrogen) atoms. The van der Waals surface area contributed by atoms with Gasteiger partial charge < -0.3 is 19.7 Å². The number of rotatable bonds is 6. The van der Waals surface area contributed by atoms with Gasteiger partial charge in [-0.3, -0.25) is 9.69 Å². The second-order valence-corrected chi connectivity index (χ2v) is 7.71. The Morgan fingerprint density at radius 1 is 1.36 bits per heavy atom. The van der Waals surface area contributed by atoms with Gasteiger partial charge in [0.2, 0.25) is 0 Å². The number of aryl methyl sites for hydroxylation is 1. The van der Waals surface area contributed by atoms with Gasteiger partial charge in [0.1, 0.15) is 11.5 Å². The standard InChI is InChI=1S/C21H28N4O3/c1-28-18-6-7-20-23-19(14-25(20)13-18)21(27)22-10-17(26)12-24-9-8-15-4-2-3-5-16(15)11-24/h2-5,14,17-18,26H,6-13H2,1H3,(H,22,27)/t17?,18-/m1/s1. The molecule has 1 aromatic carbocycles. The number of fused-ring (bicyclic) bond motifs is 2. The molecule has 1 unspecified atom stereocenters. The summed E-state index contributed by atoms with van der Waals surface area (Å²) in [6, 6.07) is 8.44. The molecule has 4 rings (SSSR count). The molecular weight excluding hydrogens is 356 g/mol. The average Bonchev–Trinajstić information content (AvgIpc) is 3.15. The van der Waals surface area contributed by atoms with Crippen LogP contribution in [0, 0.1) is 0 Å². The first kappa shape index (κ1) is 19.1. The van der Waals surface area contributed by atoms with Crippen molar-refractivity contribution in [1.82, 2.24) is 19.8 Å². The number of amides is 1. The zero-order chi connectivity index (χ0) is 19.5. The van der Waals surface area contributed by atoms with Crippen LogP contribution in [-0.4, -0.2) is 64.4 Å². The summed E-state index contributed by atoms with van der Waals surface area (Å²) in [5.41, 5.74) is 3.12. The number of aromatic nitrogens is 2. The fourth-order valence-corrected chi connectivity index (χ4v) is 4.09. The average molecular weight is 384 g/mol. The smallest absolute Gasteiger partial charge is 0.271 e. The first-order chi connectivity index (χ1) is 13.6. The Bertz CT molecular complexity index is 835. The summed E-state index contributed by atoms with van der Waals surface area (Å²) < 4.78 is 7.40. The van der Waals surface area contributed by atoms with E-state index in [0.29, 0.717) is 12.2 Å². The lowest BCUT2D eigenvalue weighted by Crippen LogP contribution is -2.42. The number of β-amino-alcohol motifs (C(OH)–C–C–N with tert-alkyl or cyclic N) is 1. The van der Waals surface area contributed by atoms with Crippen molar-refractivity contribution in [3.63, 3.8) is 0 Å². The van der Waals surface area contributed by atoms with E-state index in [0.717, 1.165) is 44.7 Å². The van der Waals surface area contributed by atoms with Crippen molar-refractivity contribution in [2.75, 3.05) is 26.7 Å². The highest BCUT2D eigenvalue weighted by Gasteiger charge is 2.23. The minimum Gasteiger partial charge on any atom is -0.390 e. The van der Waals surface area contributed by atoms with E-state index in [1.54, 1.807) is 13.3 Å². The molecule has 150 valence electrons. The highest BCUT2D eigenvalue weighted by Crippen LogP contribution is 2.19. The van der Waals surface area contributed by atoms with E-state index in [1.165, 1.54) is 11.1 Å². The highest BCUT2D eigenvalue weighted by molar-refractivity contribution is 5.92. The topological polar surface area (TPSA) is 79.6 Å². The number of aliphatic hydroxyl groups excluding tert-OH is 1. The van der Waals surface area contributed by atoms with Crippen LogP contribution in [0.15, 0.2) is 30.5 Å². The quantitative estimate of drug-likeness (QED) is 0.777. The van der Waals surface area contributed by atoms with Gasteiger partial charge in [0.25, 0.3) is 5.91 Å². The zero-order valence-corrected chi connectivity index (χ0v) is 16.3. The normalized spacial score (nSPS) is 20.3. The van der Waals surface area contributed by atoms with Crippen LogP contribution in [0.4, 0.5) is 0 Å². The summed E-state index contributed by atoms with van der Waals surface area (Å²) >= 11 is 0. The van der Waals surface area contributed by atoms with Crippen LogP contribution in [-0.2, 0) is 30.7 Å². The summed E-state index contributed by atoms with van der Waals surface area (Å²) in [4.78, 5) is 19.1. The molecule has 2 atom stereocenters. The Kier molecular flexibility index (Phi) is 5.75. The fraction of sp³-hybridized carbons (Fsp3) is 0.524. The van der Waals surface area contributed by atoms with Crippen LogP contribution in [0.1, 0.15) is 33.9 Å². The van der Waals surface area contributed by atoms with E-state index < -0.39 is 6.10 Å². The van der Waals surface area contributed by atoms with E-state index in [2.05, 4.69) is 39.5 Å². The van der Waals surface area contributed by atoms with Gasteiger partial charge in [-0.15, -0.1) is 0 Å². The number of carbonyl (C=O) groups excluding carboxylic acids is 1. The summed E-state index contributed by atoms with van der Waals surface area (Å²) in [5.74, 6) is 0.685. The molecule has 0 fully saturated rings. The number of ether oxygens (including phenoxy) is 1. The maximum Gasteiger partial charge on any atom is 0.271 e. The third kappa shape index (κ3) is 4.27. The number of aliphatic hydroxyl groups is 1. The van der Waals surface area contributed by atoms with Crippen molar-refractivity contribution < 1.29 is 14.6 Å². The van der Waals surface area contributed by atoms with E-state index in [4.69, 9.17) is 4.74 Å². The molecule has 2 aliphatic heterocycles. The van der Waals surface area contributed by atoms with Gasteiger partial charge in [0.15, 0.2) is 0 Å². The number of carbonyl (C=O) groups is 1. The molecule has 7 heteroatoms. The molecule has 7 nitrogen and oxygen atoms in total. The lowest BCUT2D eigenvalue weighted by molar-refractivity contribution is 0.0706. The number of nitrogens with one attached hydrogen (secondary N) is 1. The van der Waals surface area contributed by atoms with E-state index in [-0.39, 0.29) is 18.6 Å². The van der Waals surface area contributed by atoms with Crippen LogP contribution in [0.3, 0.4) is 0 Å². The second-order valence-electron chi connectivity index (χ2n) is 7.71. The predicted octanol–water partition coefficient (Wildman–Crippen LogP) is 0.993. The third-order valence-electron chi connectivity index (χ3n) is 5.69. The Morgan fingerprint density at radius 2 is 2.18 bits per heavy atom. The first-order valence-electron chi connectivity index (χ1n) is 9.96. The van der Waals surface area contributed by atoms with Crippen molar-refractivity contribution in [2.24, 2.45) is 0 Å². The molecule has 0 spiro atoms. The molecule has 0 saturated heterocycles. The van der Waals surface area contributed by atoms with Crippen LogP contribution in [0.25, 0.3) is 0 Å². The van der Waals surface area contributed by atoms with Crippen molar-refractivity contribution >= 4 is 5.91 Å². The molecule has 1 aromatic heterocycles. The number of nitrogens with zero attached hydrogens (tertiary/aromatic N) is 3. The molecule has 2 aromatic rings. The van der Waals surface area contributed by atoms with Gasteiger partial charge in [-0.1, -0.05) is 24.3 Å². The third-order valence-corrected chi connectivity index (χ3v) is 5.69. The van der Waals surface area contributed by atoms with Crippen LogP contribution in [0.5, 0.6) is 0 Å². The summed E-state index contributed by atoms with van der Waals surface area (Å²) in [6.45, 7) is 3.26. The monoisotopic (exact) mass is 384 g/mol. The SMILES string of the molecule is CO[C@@H]1CCc2nc(C(=O)NCC(O)CN3CCc4ccccc4C3)cn2C1. The van der Waals surface area contributed by atoms with Crippen molar-refractivity contribution in [3.8, 4) is 0 Å². The van der Waals surface area contributed by atoms with Gasteiger partial charge in [0.05, 0.1) is 18.8 Å². The van der Waals surface area contributed by atoms with Crippen molar-refractivity contribution in [1.29, 1.82) is 0 Å². The van der Waals surface area contributed by atoms with Crippen molar-refractivity contribution in [2.45, 2.75) is 44.6 Å². The Morgan fingerprint density at radius 3 is 3.00 bits per heavy atom. The van der Waals surface area contributed by atoms with Gasteiger partial charge in [-0.05, 0) is 24.0 Å². The summed E-state index contributed by atoms with van der Waals surface area (Å²) in [5, 5.41) is 13.2. The minimum atomic E-state index is -0.607. The van der Waals surface area contributed by atoms with Crippen molar-refractivity contribution in [3.05, 3.63) is 53.1 Å². The first-order valence-corrected chi connectivity index (χ1v) is 9.96. The van der Waals surface area contributed by atoms with Crippen LogP contribution >= 0.6 is 0 Å². The number of hydrogen-bond donors (Lipinski definition) is 2. The van der Waals surface area contributed by atoms with Crippen LogP contribution < -0.4 is 5.32 Å². The molecule has 3 heterocycles. The Labute approximate surface area is 165 Å². The number of methoxy groups -OCH3 is 1. The Balaban J connectivity index is 1.27. The molecular formula is C21H28N4O3. The maximum absolute atomic E-state index is 12.4. The second kappa shape index (κ2) is 8.43. The zero-order valence-electron chi connectivity index (χ0n) is 16.3. The highest BCUT2D eigenvalue weighted by atomic mass is 16.5.